The van der Waals surface area contributed by atoms with Gasteiger partial charge < -0.3 is 0 Å². The summed E-state index contributed by atoms with van der Waals surface area (Å²) in [5.41, 5.74) is 0.602. The second kappa shape index (κ2) is 7.62. The lowest BCUT2D eigenvalue weighted by atomic mass is 9.49. The summed E-state index contributed by atoms with van der Waals surface area (Å²) in [6.07, 6.45) is 16.3. The third-order valence-electron chi connectivity index (χ3n) is 6.96. The highest BCUT2D eigenvalue weighted by molar-refractivity contribution is 5.01. The highest BCUT2D eigenvalue weighted by Gasteiger charge is 2.51. The summed E-state index contributed by atoms with van der Waals surface area (Å²) >= 11 is 0. The third-order valence-corrected chi connectivity index (χ3v) is 6.96. The van der Waals surface area contributed by atoms with Crippen molar-refractivity contribution in [2.45, 2.75) is 116 Å². The fourth-order valence-corrected chi connectivity index (χ4v) is 5.63. The number of rotatable bonds is 7. The summed E-state index contributed by atoms with van der Waals surface area (Å²) in [7, 11) is 0. The first kappa shape index (κ1) is 18.2. The Morgan fingerprint density at radius 3 is 1.59 bits per heavy atom. The lowest BCUT2D eigenvalue weighted by molar-refractivity contribution is -0.0813. The van der Waals surface area contributed by atoms with Gasteiger partial charge in [-0.3, -0.25) is 0 Å². The Balaban J connectivity index is 2.21. The molecule has 2 aliphatic carbocycles. The van der Waals surface area contributed by atoms with Gasteiger partial charge in [0.2, 0.25) is 5.92 Å². The van der Waals surface area contributed by atoms with E-state index in [0.717, 1.165) is 6.42 Å². The number of alkyl halides is 2. The van der Waals surface area contributed by atoms with Crippen LogP contribution in [0, 0.1) is 10.8 Å². The molecule has 0 nitrogen and oxygen atoms in total. The topological polar surface area (TPSA) is 0 Å². The Labute approximate surface area is 136 Å². The SMILES string of the molecule is CCCC1(C2(CCC(F)(F)CC)CCCCC2)CCCCC1. The molecule has 0 N–H and O–H groups in total. The minimum Gasteiger partial charge on any atom is -0.207 e. The van der Waals surface area contributed by atoms with Gasteiger partial charge in [-0.1, -0.05) is 58.8 Å². The number of hydrogen-bond donors (Lipinski definition) is 0. The van der Waals surface area contributed by atoms with Crippen molar-refractivity contribution >= 4 is 0 Å². The van der Waals surface area contributed by atoms with E-state index in [-0.39, 0.29) is 18.3 Å². The molecule has 0 saturated heterocycles. The second-order valence-electron chi connectivity index (χ2n) is 8.14. The van der Waals surface area contributed by atoms with Crippen LogP contribution < -0.4 is 0 Å². The van der Waals surface area contributed by atoms with Crippen molar-refractivity contribution in [2.75, 3.05) is 0 Å². The number of hydrogen-bond acceptors (Lipinski definition) is 0. The van der Waals surface area contributed by atoms with E-state index in [1.165, 1.54) is 77.0 Å². The molecule has 0 heterocycles. The quantitative estimate of drug-likeness (QED) is 0.456. The van der Waals surface area contributed by atoms with Crippen LogP contribution in [0.15, 0.2) is 0 Å². The highest BCUT2D eigenvalue weighted by atomic mass is 19.3. The van der Waals surface area contributed by atoms with Crippen molar-refractivity contribution in [3.8, 4) is 0 Å². The molecule has 0 amide bonds. The third kappa shape index (κ3) is 3.85. The van der Waals surface area contributed by atoms with Crippen LogP contribution >= 0.6 is 0 Å². The van der Waals surface area contributed by atoms with Crippen LogP contribution in [-0.4, -0.2) is 5.92 Å². The zero-order chi connectivity index (χ0) is 16.1. The van der Waals surface area contributed by atoms with E-state index in [2.05, 4.69) is 6.92 Å². The van der Waals surface area contributed by atoms with Gasteiger partial charge in [-0.05, 0) is 49.4 Å². The standard InChI is InChI=1S/C20H36F2/c1-3-11-18(12-7-5-8-13-18)19(14-9-6-10-15-19)16-17-20(21,22)4-2/h3-17H2,1-2H3. The van der Waals surface area contributed by atoms with Crippen LogP contribution in [0.5, 0.6) is 0 Å². The fraction of sp³-hybridized carbons (Fsp3) is 1.00. The molecule has 2 fully saturated rings. The molecule has 0 aliphatic heterocycles. The number of halogens is 2. The average molecular weight is 315 g/mol. The molecule has 2 rings (SSSR count). The van der Waals surface area contributed by atoms with Crippen molar-refractivity contribution in [1.82, 2.24) is 0 Å². The maximum atomic E-state index is 14.0. The molecule has 2 aliphatic rings. The molecule has 0 spiro atoms. The van der Waals surface area contributed by atoms with Crippen molar-refractivity contribution in [3.05, 3.63) is 0 Å². The lowest BCUT2D eigenvalue weighted by Gasteiger charge is -2.56. The average Bonchev–Trinajstić information content (AvgIpc) is 2.55. The largest absolute Gasteiger partial charge is 0.247 e. The molecule has 0 aromatic heterocycles. The minimum atomic E-state index is -2.45. The Morgan fingerprint density at radius 2 is 1.18 bits per heavy atom. The van der Waals surface area contributed by atoms with E-state index in [1.807, 2.05) is 0 Å². The van der Waals surface area contributed by atoms with Crippen LogP contribution in [0.1, 0.15) is 110 Å². The summed E-state index contributed by atoms with van der Waals surface area (Å²) in [5.74, 6) is -2.45. The maximum Gasteiger partial charge on any atom is 0.247 e. The Kier molecular flexibility index (Phi) is 6.30. The molecule has 0 unspecified atom stereocenters. The van der Waals surface area contributed by atoms with Gasteiger partial charge in [-0.2, -0.15) is 0 Å². The van der Waals surface area contributed by atoms with E-state index in [0.29, 0.717) is 5.41 Å². The summed E-state index contributed by atoms with van der Waals surface area (Å²) < 4.78 is 27.9. The predicted molar refractivity (Wildman–Crippen MR) is 90.4 cm³/mol. The van der Waals surface area contributed by atoms with Crippen molar-refractivity contribution in [1.29, 1.82) is 0 Å². The molecular formula is C20H36F2. The molecule has 0 bridgehead atoms. The monoisotopic (exact) mass is 314 g/mol. The van der Waals surface area contributed by atoms with E-state index in [9.17, 15) is 8.78 Å². The van der Waals surface area contributed by atoms with Gasteiger partial charge in [0.1, 0.15) is 0 Å². The van der Waals surface area contributed by atoms with E-state index in [4.69, 9.17) is 0 Å². The Morgan fingerprint density at radius 1 is 0.727 bits per heavy atom. The van der Waals surface area contributed by atoms with Crippen LogP contribution in [0.2, 0.25) is 0 Å². The molecule has 0 aromatic rings. The first-order chi connectivity index (χ1) is 10.5. The second-order valence-corrected chi connectivity index (χ2v) is 8.14. The summed E-state index contributed by atoms with van der Waals surface area (Å²) in [4.78, 5) is 0. The highest BCUT2D eigenvalue weighted by Crippen LogP contribution is 2.61. The van der Waals surface area contributed by atoms with E-state index < -0.39 is 5.92 Å². The molecular weight excluding hydrogens is 278 g/mol. The van der Waals surface area contributed by atoms with Gasteiger partial charge in [0.25, 0.3) is 0 Å². The van der Waals surface area contributed by atoms with E-state index >= 15 is 0 Å². The zero-order valence-electron chi connectivity index (χ0n) is 14.9. The van der Waals surface area contributed by atoms with Gasteiger partial charge in [0.15, 0.2) is 0 Å². The maximum absolute atomic E-state index is 14.0. The predicted octanol–water partition coefficient (Wildman–Crippen LogP) is 7.51. The van der Waals surface area contributed by atoms with Crippen LogP contribution in [0.4, 0.5) is 8.78 Å². The Bertz CT molecular complexity index is 317. The smallest absolute Gasteiger partial charge is 0.207 e. The van der Waals surface area contributed by atoms with Gasteiger partial charge >= 0.3 is 0 Å². The van der Waals surface area contributed by atoms with Crippen molar-refractivity contribution in [3.63, 3.8) is 0 Å². The first-order valence-corrected chi connectivity index (χ1v) is 9.87. The Hall–Kier alpha value is -0.140. The van der Waals surface area contributed by atoms with Crippen LogP contribution in [-0.2, 0) is 0 Å². The van der Waals surface area contributed by atoms with Crippen LogP contribution in [0.25, 0.3) is 0 Å². The van der Waals surface area contributed by atoms with Gasteiger partial charge in [0, 0.05) is 12.8 Å². The summed E-state index contributed by atoms with van der Waals surface area (Å²) in [5, 5.41) is 0. The van der Waals surface area contributed by atoms with Crippen LogP contribution in [0.3, 0.4) is 0 Å². The first-order valence-electron chi connectivity index (χ1n) is 9.87. The van der Waals surface area contributed by atoms with Gasteiger partial charge in [-0.15, -0.1) is 0 Å². The van der Waals surface area contributed by atoms with Gasteiger partial charge in [-0.25, -0.2) is 8.78 Å². The molecule has 130 valence electrons. The van der Waals surface area contributed by atoms with Gasteiger partial charge in [0.05, 0.1) is 0 Å². The molecule has 0 aromatic carbocycles. The normalized spacial score (nSPS) is 25.1. The molecule has 22 heavy (non-hydrogen) atoms. The fourth-order valence-electron chi connectivity index (χ4n) is 5.63. The molecule has 0 radical (unpaired) electrons. The van der Waals surface area contributed by atoms with E-state index in [1.54, 1.807) is 6.92 Å². The summed E-state index contributed by atoms with van der Waals surface area (Å²) in [6.45, 7) is 3.92. The van der Waals surface area contributed by atoms with Crippen molar-refractivity contribution in [2.24, 2.45) is 10.8 Å². The molecule has 2 saturated carbocycles. The summed E-state index contributed by atoms with van der Waals surface area (Å²) in [6, 6.07) is 0. The minimum absolute atomic E-state index is 0.00383. The van der Waals surface area contributed by atoms with Crippen molar-refractivity contribution < 1.29 is 8.78 Å². The lowest BCUT2D eigenvalue weighted by Crippen LogP contribution is -2.45. The zero-order valence-corrected chi connectivity index (χ0v) is 14.9. The molecule has 0 atom stereocenters. The molecule has 2 heteroatoms.